The van der Waals surface area contributed by atoms with Crippen molar-refractivity contribution in [1.82, 2.24) is 0 Å². The highest BCUT2D eigenvalue weighted by atomic mass is 33.1. The van der Waals surface area contributed by atoms with Gasteiger partial charge in [-0.1, -0.05) is 65.3 Å². The Bertz CT molecular complexity index is 234. The van der Waals surface area contributed by atoms with E-state index in [-0.39, 0.29) is 0 Å². The standard InChI is InChI=1S/C13H20S2/c1-2-14-15-12-8-4-7-11-13-9-5-3-6-10-13/h3,5-6,9-10H,2,4,7-8,11-12H2,1H3. The van der Waals surface area contributed by atoms with E-state index < -0.39 is 0 Å². The van der Waals surface area contributed by atoms with Crippen LogP contribution in [0.3, 0.4) is 0 Å². The molecule has 0 saturated heterocycles. The quantitative estimate of drug-likeness (QED) is 0.473. The molecule has 2 heteroatoms. The Balaban J connectivity index is 1.93. The number of aryl methyl sites for hydroxylation is 1. The van der Waals surface area contributed by atoms with Crippen LogP contribution in [-0.2, 0) is 6.42 Å². The smallest absolute Gasteiger partial charge is 0.00369 e. The summed E-state index contributed by atoms with van der Waals surface area (Å²) in [5, 5.41) is 0. The second-order valence-corrected chi connectivity index (χ2v) is 6.40. The topological polar surface area (TPSA) is 0 Å². The molecule has 84 valence electrons. The number of hydrogen-bond acceptors (Lipinski definition) is 2. The number of benzene rings is 1. The molecule has 1 aromatic carbocycles. The molecule has 0 radical (unpaired) electrons. The molecule has 0 N–H and O–H groups in total. The van der Waals surface area contributed by atoms with Crippen molar-refractivity contribution < 1.29 is 0 Å². The van der Waals surface area contributed by atoms with Crippen LogP contribution >= 0.6 is 21.6 Å². The minimum atomic E-state index is 1.23. The minimum absolute atomic E-state index is 1.23. The Morgan fingerprint density at radius 3 is 2.47 bits per heavy atom. The zero-order valence-corrected chi connectivity index (χ0v) is 11.1. The fourth-order valence-corrected chi connectivity index (χ4v) is 3.27. The zero-order chi connectivity index (χ0) is 10.8. The van der Waals surface area contributed by atoms with Crippen molar-refractivity contribution in [2.75, 3.05) is 11.5 Å². The van der Waals surface area contributed by atoms with Crippen LogP contribution in [0.15, 0.2) is 30.3 Å². The van der Waals surface area contributed by atoms with Gasteiger partial charge in [0.05, 0.1) is 0 Å². The predicted octanol–water partition coefficient (Wildman–Crippen LogP) is 4.80. The summed E-state index contributed by atoms with van der Waals surface area (Å²) in [6.07, 6.45) is 5.31. The van der Waals surface area contributed by atoms with Crippen LogP contribution in [0, 0.1) is 0 Å². The van der Waals surface area contributed by atoms with Gasteiger partial charge in [0.25, 0.3) is 0 Å². The average Bonchev–Trinajstić information content (AvgIpc) is 2.29. The van der Waals surface area contributed by atoms with Gasteiger partial charge >= 0.3 is 0 Å². The van der Waals surface area contributed by atoms with Gasteiger partial charge in [0.15, 0.2) is 0 Å². The molecule has 0 nitrogen and oxygen atoms in total. The monoisotopic (exact) mass is 240 g/mol. The van der Waals surface area contributed by atoms with E-state index in [0.717, 1.165) is 0 Å². The molecule has 0 atom stereocenters. The SMILES string of the molecule is CCSSCCCCCc1ccccc1. The van der Waals surface area contributed by atoms with Crippen LogP contribution in [0.4, 0.5) is 0 Å². The summed E-state index contributed by atoms with van der Waals surface area (Å²) in [5.74, 6) is 2.54. The van der Waals surface area contributed by atoms with E-state index >= 15 is 0 Å². The highest BCUT2D eigenvalue weighted by molar-refractivity contribution is 8.76. The third-order valence-corrected chi connectivity index (χ3v) is 4.80. The van der Waals surface area contributed by atoms with Gasteiger partial charge in [-0.2, -0.15) is 0 Å². The van der Waals surface area contributed by atoms with E-state index in [2.05, 4.69) is 37.3 Å². The Morgan fingerprint density at radius 1 is 0.933 bits per heavy atom. The van der Waals surface area contributed by atoms with Gasteiger partial charge in [-0.05, 0) is 24.8 Å². The van der Waals surface area contributed by atoms with E-state index in [1.54, 1.807) is 0 Å². The lowest BCUT2D eigenvalue weighted by Gasteiger charge is -2.01. The first-order chi connectivity index (χ1) is 7.43. The average molecular weight is 240 g/mol. The summed E-state index contributed by atoms with van der Waals surface area (Å²) < 4.78 is 0. The Hall–Kier alpha value is -0.0800. The van der Waals surface area contributed by atoms with Crippen molar-refractivity contribution >= 4 is 21.6 Å². The fraction of sp³-hybridized carbons (Fsp3) is 0.538. The third-order valence-electron chi connectivity index (χ3n) is 2.24. The number of unbranched alkanes of at least 4 members (excludes halogenated alkanes) is 2. The zero-order valence-electron chi connectivity index (χ0n) is 9.45. The lowest BCUT2D eigenvalue weighted by atomic mass is 10.1. The van der Waals surface area contributed by atoms with E-state index in [9.17, 15) is 0 Å². The Labute approximate surface area is 102 Å². The van der Waals surface area contributed by atoms with Gasteiger partial charge in [0.1, 0.15) is 0 Å². The second-order valence-electron chi connectivity index (χ2n) is 3.52. The van der Waals surface area contributed by atoms with Crippen LogP contribution in [0.25, 0.3) is 0 Å². The maximum Gasteiger partial charge on any atom is 0.00369 e. The number of rotatable bonds is 8. The number of hydrogen-bond donors (Lipinski definition) is 0. The molecule has 15 heavy (non-hydrogen) atoms. The molecule has 1 rings (SSSR count). The van der Waals surface area contributed by atoms with Crippen LogP contribution in [-0.4, -0.2) is 11.5 Å². The summed E-state index contributed by atoms with van der Waals surface area (Å²) in [6.45, 7) is 2.22. The minimum Gasteiger partial charge on any atom is -0.0944 e. The van der Waals surface area contributed by atoms with Crippen molar-refractivity contribution in [1.29, 1.82) is 0 Å². The molecule has 1 aromatic rings. The maximum atomic E-state index is 2.22. The largest absolute Gasteiger partial charge is 0.0944 e. The molecule has 0 aliphatic rings. The van der Waals surface area contributed by atoms with Crippen LogP contribution in [0.5, 0.6) is 0 Å². The van der Waals surface area contributed by atoms with Crippen molar-refractivity contribution in [3.63, 3.8) is 0 Å². The molecule has 0 fully saturated rings. The predicted molar refractivity (Wildman–Crippen MR) is 74.6 cm³/mol. The lowest BCUT2D eigenvalue weighted by Crippen LogP contribution is -1.86. The van der Waals surface area contributed by atoms with Crippen molar-refractivity contribution in [2.45, 2.75) is 32.6 Å². The van der Waals surface area contributed by atoms with Crippen molar-refractivity contribution in [3.05, 3.63) is 35.9 Å². The molecule has 0 aliphatic carbocycles. The first kappa shape index (κ1) is 13.0. The summed E-state index contributed by atoms with van der Waals surface area (Å²) in [6, 6.07) is 10.8. The molecule has 0 heterocycles. The van der Waals surface area contributed by atoms with E-state index in [1.807, 2.05) is 21.6 Å². The van der Waals surface area contributed by atoms with Crippen LogP contribution in [0.1, 0.15) is 31.7 Å². The highest BCUT2D eigenvalue weighted by Gasteiger charge is 1.93. The fourth-order valence-electron chi connectivity index (χ4n) is 1.45. The van der Waals surface area contributed by atoms with E-state index in [0.29, 0.717) is 0 Å². The lowest BCUT2D eigenvalue weighted by molar-refractivity contribution is 0.723. The van der Waals surface area contributed by atoms with Gasteiger partial charge in [-0.25, -0.2) is 0 Å². The third kappa shape index (κ3) is 6.91. The van der Waals surface area contributed by atoms with Gasteiger partial charge < -0.3 is 0 Å². The summed E-state index contributed by atoms with van der Waals surface area (Å²) in [7, 11) is 4.00. The van der Waals surface area contributed by atoms with Crippen LogP contribution < -0.4 is 0 Å². The van der Waals surface area contributed by atoms with E-state index in [4.69, 9.17) is 0 Å². The maximum absolute atomic E-state index is 2.22. The molecule has 0 unspecified atom stereocenters. The summed E-state index contributed by atoms with van der Waals surface area (Å²) in [4.78, 5) is 0. The molecule has 0 aliphatic heterocycles. The van der Waals surface area contributed by atoms with Gasteiger partial charge in [0, 0.05) is 11.5 Å². The van der Waals surface area contributed by atoms with Gasteiger partial charge in [-0.15, -0.1) is 0 Å². The first-order valence-electron chi connectivity index (χ1n) is 5.72. The first-order valence-corrected chi connectivity index (χ1v) is 8.20. The molecule has 0 amide bonds. The van der Waals surface area contributed by atoms with Gasteiger partial charge in [-0.3, -0.25) is 0 Å². The summed E-state index contributed by atoms with van der Waals surface area (Å²) in [5.41, 5.74) is 1.48. The van der Waals surface area contributed by atoms with Crippen LogP contribution in [0.2, 0.25) is 0 Å². The molecule has 0 bridgehead atoms. The molecule has 0 saturated carbocycles. The normalized spacial score (nSPS) is 10.5. The second kappa shape index (κ2) is 9.17. The molecular weight excluding hydrogens is 220 g/mol. The van der Waals surface area contributed by atoms with Crippen molar-refractivity contribution in [3.8, 4) is 0 Å². The Kier molecular flexibility index (Phi) is 7.94. The molecule has 0 spiro atoms. The molecular formula is C13H20S2. The Morgan fingerprint density at radius 2 is 1.73 bits per heavy atom. The van der Waals surface area contributed by atoms with Crippen molar-refractivity contribution in [2.24, 2.45) is 0 Å². The van der Waals surface area contributed by atoms with Gasteiger partial charge in [0.2, 0.25) is 0 Å². The molecule has 0 aromatic heterocycles. The highest BCUT2D eigenvalue weighted by Crippen LogP contribution is 2.22. The summed E-state index contributed by atoms with van der Waals surface area (Å²) >= 11 is 0. The van der Waals surface area contributed by atoms with E-state index in [1.165, 1.54) is 42.8 Å².